The van der Waals surface area contributed by atoms with Gasteiger partial charge in [0.05, 0.1) is 12.6 Å². The summed E-state index contributed by atoms with van der Waals surface area (Å²) in [6.45, 7) is 6.12. The first kappa shape index (κ1) is 21.4. The molecule has 0 aromatic carbocycles. The van der Waals surface area contributed by atoms with Crippen molar-refractivity contribution >= 4 is 23.7 Å². The van der Waals surface area contributed by atoms with Crippen molar-refractivity contribution in [3.8, 4) is 5.75 Å². The van der Waals surface area contributed by atoms with E-state index < -0.39 is 5.95 Å². The van der Waals surface area contributed by atoms with E-state index in [-0.39, 0.29) is 30.2 Å². The molecule has 3 atom stereocenters. The number of anilines is 1. The lowest BCUT2D eigenvalue weighted by Crippen LogP contribution is -2.51. The standard InChI is InChI=1S/C23H28FN7O2/c1-14-18-10-27-23(22-25-5-3-6-26-22)28-19(18)4-7-31(14)21-9-17(8-20(24)29-21)33-13-16-11-30(12-16)15(2)32/h3,5-6,8-10,14,16,22-23,25,27H,4,7,11-13H2,1-2H3. The van der Waals surface area contributed by atoms with Gasteiger partial charge in [0.15, 0.2) is 12.3 Å². The van der Waals surface area contributed by atoms with Gasteiger partial charge in [-0.05, 0) is 19.2 Å². The van der Waals surface area contributed by atoms with Crippen molar-refractivity contribution in [2.45, 2.75) is 38.6 Å². The first-order chi connectivity index (χ1) is 16.0. The van der Waals surface area contributed by atoms with Crippen LogP contribution in [0.3, 0.4) is 0 Å². The monoisotopic (exact) mass is 453 g/mol. The molecule has 2 saturated heterocycles. The lowest BCUT2D eigenvalue weighted by Gasteiger charge is -2.40. The molecule has 4 aliphatic rings. The number of ether oxygens (including phenoxy) is 1. The van der Waals surface area contributed by atoms with Crippen LogP contribution in [-0.2, 0) is 4.79 Å². The Bertz CT molecular complexity index is 1050. The smallest absolute Gasteiger partial charge is 0.219 e. The molecule has 2 fully saturated rings. The molecule has 0 aliphatic carbocycles. The van der Waals surface area contributed by atoms with Crippen LogP contribution in [0.2, 0.25) is 0 Å². The van der Waals surface area contributed by atoms with E-state index in [1.165, 1.54) is 6.07 Å². The molecule has 0 spiro atoms. The summed E-state index contributed by atoms with van der Waals surface area (Å²) in [4.78, 5) is 28.6. The highest BCUT2D eigenvalue weighted by Crippen LogP contribution is 2.30. The number of amides is 1. The normalized spacial score (nSPS) is 26.5. The summed E-state index contributed by atoms with van der Waals surface area (Å²) in [6.07, 6.45) is 7.91. The number of hydrogen-bond donors (Lipinski definition) is 2. The maximum Gasteiger partial charge on any atom is 0.219 e. The van der Waals surface area contributed by atoms with Crippen molar-refractivity contribution in [1.29, 1.82) is 0 Å². The fourth-order valence-corrected chi connectivity index (χ4v) is 4.56. The van der Waals surface area contributed by atoms with Gasteiger partial charge in [0, 0.05) is 74.7 Å². The molecule has 2 N–H and O–H groups in total. The number of fused-ring (bicyclic) bond motifs is 1. The third-order valence-electron chi connectivity index (χ3n) is 6.48. The van der Waals surface area contributed by atoms with Gasteiger partial charge >= 0.3 is 0 Å². The number of rotatable bonds is 5. The first-order valence-corrected chi connectivity index (χ1v) is 11.3. The lowest BCUT2D eigenvalue weighted by atomic mass is 9.94. The Morgan fingerprint density at radius 1 is 1.27 bits per heavy atom. The second kappa shape index (κ2) is 8.84. The van der Waals surface area contributed by atoms with Crippen LogP contribution in [-0.4, -0.2) is 72.3 Å². The molecule has 5 heterocycles. The van der Waals surface area contributed by atoms with Gasteiger partial charge < -0.3 is 25.2 Å². The highest BCUT2D eigenvalue weighted by atomic mass is 19.1. The third-order valence-corrected chi connectivity index (χ3v) is 6.48. The molecule has 5 rings (SSSR count). The van der Waals surface area contributed by atoms with Crippen molar-refractivity contribution in [2.75, 3.05) is 31.1 Å². The highest BCUT2D eigenvalue weighted by molar-refractivity contribution is 6.03. The van der Waals surface area contributed by atoms with Crippen LogP contribution in [0.5, 0.6) is 5.75 Å². The van der Waals surface area contributed by atoms with Crippen LogP contribution in [0.15, 0.2) is 46.2 Å². The minimum absolute atomic E-state index is 0.0217. The Morgan fingerprint density at radius 2 is 2.12 bits per heavy atom. The van der Waals surface area contributed by atoms with Gasteiger partial charge in [0.1, 0.15) is 11.6 Å². The van der Waals surface area contributed by atoms with Crippen molar-refractivity contribution in [3.63, 3.8) is 0 Å². The third kappa shape index (κ3) is 4.42. The number of halogens is 1. The van der Waals surface area contributed by atoms with Crippen molar-refractivity contribution in [2.24, 2.45) is 15.9 Å². The minimum atomic E-state index is -0.571. The topological polar surface area (TPSA) is 94.5 Å². The number of aliphatic imine (C=N–C) groups is 2. The lowest BCUT2D eigenvalue weighted by molar-refractivity contribution is -0.135. The zero-order valence-electron chi connectivity index (χ0n) is 18.7. The average Bonchev–Trinajstić information content (AvgIpc) is 2.78. The largest absolute Gasteiger partial charge is 0.493 e. The Hall–Kier alpha value is -3.43. The average molecular weight is 454 g/mol. The number of likely N-dealkylation sites (tertiary alicyclic amines) is 1. The minimum Gasteiger partial charge on any atom is -0.493 e. The Morgan fingerprint density at radius 3 is 2.88 bits per heavy atom. The second-order valence-corrected chi connectivity index (χ2v) is 8.76. The van der Waals surface area contributed by atoms with Gasteiger partial charge in [-0.3, -0.25) is 14.8 Å². The SMILES string of the molecule is CC(=O)N1CC(COc2cc(F)nc(N3CCC4=NC(C5N=CC=CN5)NC=C4C3C)c2)C1. The summed E-state index contributed by atoms with van der Waals surface area (Å²) in [5.41, 5.74) is 2.11. The highest BCUT2D eigenvalue weighted by Gasteiger charge is 2.33. The van der Waals surface area contributed by atoms with Crippen LogP contribution in [0, 0.1) is 11.9 Å². The Kier molecular flexibility index (Phi) is 5.74. The van der Waals surface area contributed by atoms with Crippen molar-refractivity contribution in [1.82, 2.24) is 20.5 Å². The summed E-state index contributed by atoms with van der Waals surface area (Å²) in [5.74, 6) is 0.769. The van der Waals surface area contributed by atoms with Crippen LogP contribution in [0.25, 0.3) is 0 Å². The van der Waals surface area contributed by atoms with Crippen molar-refractivity contribution in [3.05, 3.63) is 42.1 Å². The van der Waals surface area contributed by atoms with Gasteiger partial charge in [-0.25, -0.2) is 4.98 Å². The molecule has 3 unspecified atom stereocenters. The van der Waals surface area contributed by atoms with Gasteiger partial charge in [0.25, 0.3) is 0 Å². The number of pyridine rings is 1. The maximum atomic E-state index is 14.3. The predicted molar refractivity (Wildman–Crippen MR) is 124 cm³/mol. The number of nitrogens with zero attached hydrogens (tertiary/aromatic N) is 5. The molecule has 10 heteroatoms. The Balaban J connectivity index is 1.25. The number of nitrogens with one attached hydrogen (secondary N) is 2. The zero-order chi connectivity index (χ0) is 22.9. The van der Waals surface area contributed by atoms with Crippen LogP contribution in [0.4, 0.5) is 10.2 Å². The molecule has 9 nitrogen and oxygen atoms in total. The molecule has 174 valence electrons. The van der Waals surface area contributed by atoms with Crippen LogP contribution < -0.4 is 20.3 Å². The van der Waals surface area contributed by atoms with E-state index in [2.05, 4.69) is 32.4 Å². The molecular weight excluding hydrogens is 425 g/mol. The van der Waals surface area contributed by atoms with Gasteiger partial charge in [-0.2, -0.15) is 4.39 Å². The molecule has 1 aromatic heterocycles. The first-order valence-electron chi connectivity index (χ1n) is 11.3. The second-order valence-electron chi connectivity index (χ2n) is 8.76. The van der Waals surface area contributed by atoms with Gasteiger partial charge in [-0.1, -0.05) is 0 Å². The molecule has 1 aromatic rings. The number of carbonyl (C=O) groups is 1. The van der Waals surface area contributed by atoms with E-state index >= 15 is 0 Å². The van der Waals surface area contributed by atoms with Crippen LogP contribution in [0.1, 0.15) is 20.3 Å². The number of allylic oxidation sites excluding steroid dienone is 1. The van der Waals surface area contributed by atoms with E-state index in [1.54, 1.807) is 24.1 Å². The van der Waals surface area contributed by atoms with E-state index in [0.717, 1.165) is 17.7 Å². The number of carbonyl (C=O) groups excluding carboxylic acids is 1. The van der Waals surface area contributed by atoms with Crippen LogP contribution >= 0.6 is 0 Å². The summed E-state index contributed by atoms with van der Waals surface area (Å²) in [5, 5.41) is 6.54. The van der Waals surface area contributed by atoms with Gasteiger partial charge in [0.2, 0.25) is 11.9 Å². The molecule has 4 aliphatic heterocycles. The zero-order valence-corrected chi connectivity index (χ0v) is 18.7. The summed E-state index contributed by atoms with van der Waals surface area (Å²) < 4.78 is 20.2. The van der Waals surface area contributed by atoms with E-state index in [0.29, 0.717) is 37.8 Å². The molecule has 0 saturated carbocycles. The fraction of sp³-hybridized carbons (Fsp3) is 0.478. The number of hydrogen-bond acceptors (Lipinski definition) is 8. The Labute approximate surface area is 192 Å². The molecular formula is C23H28FN7O2. The summed E-state index contributed by atoms with van der Waals surface area (Å²) >= 11 is 0. The van der Waals surface area contributed by atoms with Crippen molar-refractivity contribution < 1.29 is 13.9 Å². The quantitative estimate of drug-likeness (QED) is 0.656. The summed E-state index contributed by atoms with van der Waals surface area (Å²) in [7, 11) is 0. The van der Waals surface area contributed by atoms with E-state index in [9.17, 15) is 9.18 Å². The molecule has 0 radical (unpaired) electrons. The predicted octanol–water partition coefficient (Wildman–Crippen LogP) is 1.44. The maximum absolute atomic E-state index is 14.3. The molecule has 33 heavy (non-hydrogen) atoms. The fourth-order valence-electron chi connectivity index (χ4n) is 4.56. The van der Waals surface area contributed by atoms with Gasteiger partial charge in [-0.15, -0.1) is 0 Å². The molecule has 1 amide bonds. The van der Waals surface area contributed by atoms with E-state index in [4.69, 9.17) is 9.73 Å². The number of aromatic nitrogens is 1. The number of piperidine rings is 1. The molecule has 0 bridgehead atoms. The van der Waals surface area contributed by atoms with E-state index in [1.807, 2.05) is 18.5 Å². The summed E-state index contributed by atoms with van der Waals surface area (Å²) in [6, 6.07) is 3.08.